The van der Waals surface area contributed by atoms with Crippen molar-refractivity contribution >= 4 is 16.9 Å². The standard InChI is InChI=1S/C14H18N4O2/c15-14(5-7-20-8-6-14)13(19)16-9-12-17-10-3-1-2-4-11(10)18-12/h1-4H,5-9,15H2,(H,16,19)(H,17,18). The van der Waals surface area contributed by atoms with Gasteiger partial charge in [0.25, 0.3) is 0 Å². The van der Waals surface area contributed by atoms with Crippen molar-refractivity contribution in [1.29, 1.82) is 0 Å². The maximum absolute atomic E-state index is 12.2. The first kappa shape index (κ1) is 13.1. The lowest BCUT2D eigenvalue weighted by molar-refractivity contribution is -0.129. The molecule has 0 bridgehead atoms. The molecule has 0 unspecified atom stereocenters. The highest BCUT2D eigenvalue weighted by atomic mass is 16.5. The summed E-state index contributed by atoms with van der Waals surface area (Å²) in [5.41, 5.74) is 7.16. The monoisotopic (exact) mass is 274 g/mol. The van der Waals surface area contributed by atoms with Crippen molar-refractivity contribution in [1.82, 2.24) is 15.3 Å². The van der Waals surface area contributed by atoms with Crippen molar-refractivity contribution in [2.45, 2.75) is 24.9 Å². The van der Waals surface area contributed by atoms with E-state index < -0.39 is 5.54 Å². The third-order valence-electron chi connectivity index (χ3n) is 3.69. The van der Waals surface area contributed by atoms with Crippen LogP contribution in [0.5, 0.6) is 0 Å². The van der Waals surface area contributed by atoms with E-state index in [0.29, 0.717) is 32.6 Å². The Morgan fingerprint density at radius 3 is 2.90 bits per heavy atom. The second kappa shape index (κ2) is 5.22. The fourth-order valence-corrected chi connectivity index (χ4v) is 2.39. The summed E-state index contributed by atoms with van der Waals surface area (Å²) in [6, 6.07) is 7.76. The summed E-state index contributed by atoms with van der Waals surface area (Å²) in [7, 11) is 0. The van der Waals surface area contributed by atoms with Gasteiger partial charge in [-0.25, -0.2) is 4.98 Å². The molecule has 6 nitrogen and oxygen atoms in total. The molecule has 1 aliphatic heterocycles. The quantitative estimate of drug-likeness (QED) is 0.767. The van der Waals surface area contributed by atoms with Gasteiger partial charge < -0.3 is 20.8 Å². The molecule has 0 saturated carbocycles. The molecule has 1 aromatic heterocycles. The van der Waals surface area contributed by atoms with Gasteiger partial charge in [-0.15, -0.1) is 0 Å². The topological polar surface area (TPSA) is 93.0 Å². The first-order valence-electron chi connectivity index (χ1n) is 6.76. The first-order valence-corrected chi connectivity index (χ1v) is 6.76. The van der Waals surface area contributed by atoms with Crippen molar-refractivity contribution in [3.8, 4) is 0 Å². The molecule has 0 radical (unpaired) electrons. The number of hydrogen-bond donors (Lipinski definition) is 3. The van der Waals surface area contributed by atoms with Crippen molar-refractivity contribution in [3.05, 3.63) is 30.1 Å². The van der Waals surface area contributed by atoms with Crippen LogP contribution in [-0.4, -0.2) is 34.6 Å². The summed E-state index contributed by atoms with van der Waals surface area (Å²) in [5.74, 6) is 0.594. The molecule has 20 heavy (non-hydrogen) atoms. The molecule has 4 N–H and O–H groups in total. The van der Waals surface area contributed by atoms with Crippen LogP contribution in [-0.2, 0) is 16.1 Å². The van der Waals surface area contributed by atoms with E-state index in [-0.39, 0.29) is 5.91 Å². The van der Waals surface area contributed by atoms with Gasteiger partial charge in [-0.1, -0.05) is 12.1 Å². The number of para-hydroxylation sites is 2. The lowest BCUT2D eigenvalue weighted by atomic mass is 9.90. The van der Waals surface area contributed by atoms with Crippen LogP contribution in [0, 0.1) is 0 Å². The summed E-state index contributed by atoms with van der Waals surface area (Å²) in [5, 5.41) is 2.86. The van der Waals surface area contributed by atoms with Crippen molar-refractivity contribution in [2.24, 2.45) is 5.73 Å². The zero-order chi connectivity index (χ0) is 14.0. The van der Waals surface area contributed by atoms with Gasteiger partial charge in [0, 0.05) is 13.2 Å². The number of hydrogen-bond acceptors (Lipinski definition) is 4. The number of amides is 1. The number of fused-ring (bicyclic) bond motifs is 1. The Bertz CT molecular complexity index is 583. The molecule has 1 aromatic carbocycles. The summed E-state index contributed by atoms with van der Waals surface area (Å²) in [6.45, 7) is 1.43. The van der Waals surface area contributed by atoms with Gasteiger partial charge >= 0.3 is 0 Å². The minimum absolute atomic E-state index is 0.138. The lowest BCUT2D eigenvalue weighted by Gasteiger charge is -2.31. The molecule has 2 heterocycles. The van der Waals surface area contributed by atoms with Crippen LogP contribution >= 0.6 is 0 Å². The Morgan fingerprint density at radius 1 is 1.40 bits per heavy atom. The van der Waals surface area contributed by atoms with E-state index in [4.69, 9.17) is 10.5 Å². The van der Waals surface area contributed by atoms with Crippen LogP contribution in [0.3, 0.4) is 0 Å². The number of carbonyl (C=O) groups is 1. The van der Waals surface area contributed by atoms with Crippen LogP contribution in [0.1, 0.15) is 18.7 Å². The van der Waals surface area contributed by atoms with E-state index in [1.165, 1.54) is 0 Å². The molecule has 6 heteroatoms. The zero-order valence-corrected chi connectivity index (χ0v) is 11.2. The predicted octanol–water partition coefficient (Wildman–Crippen LogP) is 0.687. The minimum atomic E-state index is -0.815. The number of imidazole rings is 1. The Balaban J connectivity index is 1.65. The smallest absolute Gasteiger partial charge is 0.240 e. The molecule has 1 fully saturated rings. The number of aromatic nitrogens is 2. The SMILES string of the molecule is NC1(C(=O)NCc2nc3ccccc3[nH]2)CCOCC1. The first-order chi connectivity index (χ1) is 9.67. The Morgan fingerprint density at radius 2 is 2.15 bits per heavy atom. The average molecular weight is 274 g/mol. The highest BCUT2D eigenvalue weighted by Gasteiger charge is 2.35. The number of H-pyrrole nitrogens is 1. The zero-order valence-electron chi connectivity index (χ0n) is 11.2. The van der Waals surface area contributed by atoms with Crippen molar-refractivity contribution in [3.63, 3.8) is 0 Å². The molecule has 1 aliphatic rings. The van der Waals surface area contributed by atoms with E-state index in [0.717, 1.165) is 16.9 Å². The van der Waals surface area contributed by atoms with Gasteiger partial charge in [-0.05, 0) is 25.0 Å². The third kappa shape index (κ3) is 2.52. The van der Waals surface area contributed by atoms with E-state index in [1.54, 1.807) is 0 Å². The van der Waals surface area contributed by atoms with Gasteiger partial charge in [0.15, 0.2) is 0 Å². The Kier molecular flexibility index (Phi) is 3.42. The van der Waals surface area contributed by atoms with Gasteiger partial charge in [0.05, 0.1) is 23.1 Å². The fraction of sp³-hybridized carbons (Fsp3) is 0.429. The predicted molar refractivity (Wildman–Crippen MR) is 74.9 cm³/mol. The van der Waals surface area contributed by atoms with E-state index in [9.17, 15) is 4.79 Å². The summed E-state index contributed by atoms with van der Waals surface area (Å²) >= 11 is 0. The van der Waals surface area contributed by atoms with Crippen LogP contribution in [0.25, 0.3) is 11.0 Å². The van der Waals surface area contributed by atoms with Crippen LogP contribution in [0.4, 0.5) is 0 Å². The number of carbonyl (C=O) groups excluding carboxylic acids is 1. The number of nitrogens with two attached hydrogens (primary N) is 1. The normalized spacial score (nSPS) is 18.1. The van der Waals surface area contributed by atoms with Gasteiger partial charge in [-0.3, -0.25) is 4.79 Å². The fourth-order valence-electron chi connectivity index (χ4n) is 2.39. The molecule has 0 spiro atoms. The van der Waals surface area contributed by atoms with E-state index >= 15 is 0 Å². The largest absolute Gasteiger partial charge is 0.381 e. The third-order valence-corrected chi connectivity index (χ3v) is 3.69. The van der Waals surface area contributed by atoms with Crippen LogP contribution in [0.2, 0.25) is 0 Å². The van der Waals surface area contributed by atoms with E-state index in [2.05, 4.69) is 15.3 Å². The van der Waals surface area contributed by atoms with Gasteiger partial charge in [0.1, 0.15) is 5.82 Å². The second-order valence-corrected chi connectivity index (χ2v) is 5.15. The maximum Gasteiger partial charge on any atom is 0.240 e. The highest BCUT2D eigenvalue weighted by molar-refractivity contribution is 5.86. The number of ether oxygens (including phenoxy) is 1. The van der Waals surface area contributed by atoms with Crippen LogP contribution in [0.15, 0.2) is 24.3 Å². The number of nitrogens with zero attached hydrogens (tertiary/aromatic N) is 1. The average Bonchev–Trinajstić information content (AvgIpc) is 2.88. The van der Waals surface area contributed by atoms with Crippen molar-refractivity contribution < 1.29 is 9.53 Å². The summed E-state index contributed by atoms with van der Waals surface area (Å²) in [6.07, 6.45) is 1.11. The molecule has 106 valence electrons. The van der Waals surface area contributed by atoms with Crippen molar-refractivity contribution in [2.75, 3.05) is 13.2 Å². The molecular weight excluding hydrogens is 256 g/mol. The minimum Gasteiger partial charge on any atom is -0.381 e. The molecule has 1 amide bonds. The molecule has 3 rings (SSSR count). The molecule has 2 aromatic rings. The summed E-state index contributed by atoms with van der Waals surface area (Å²) in [4.78, 5) is 19.8. The lowest BCUT2D eigenvalue weighted by Crippen LogP contribution is -2.56. The number of nitrogens with one attached hydrogen (secondary N) is 2. The number of benzene rings is 1. The number of rotatable bonds is 3. The maximum atomic E-state index is 12.2. The Hall–Kier alpha value is -1.92. The molecule has 0 atom stereocenters. The molecule has 0 aliphatic carbocycles. The molecular formula is C14H18N4O2. The van der Waals surface area contributed by atoms with E-state index in [1.807, 2.05) is 24.3 Å². The van der Waals surface area contributed by atoms with Crippen LogP contribution < -0.4 is 11.1 Å². The molecule has 1 saturated heterocycles. The number of aromatic amines is 1. The Labute approximate surface area is 116 Å². The summed E-state index contributed by atoms with van der Waals surface area (Å²) < 4.78 is 5.24. The highest BCUT2D eigenvalue weighted by Crippen LogP contribution is 2.18. The van der Waals surface area contributed by atoms with Gasteiger partial charge in [0.2, 0.25) is 5.91 Å². The second-order valence-electron chi connectivity index (χ2n) is 5.15. The van der Waals surface area contributed by atoms with Gasteiger partial charge in [-0.2, -0.15) is 0 Å².